The Balaban J connectivity index is 2.31. The molecule has 0 amide bonds. The van der Waals surface area contributed by atoms with E-state index < -0.39 is 0 Å². The molecule has 0 aliphatic heterocycles. The maximum absolute atomic E-state index is 11.6. The van der Waals surface area contributed by atoms with Gasteiger partial charge in [-0.15, -0.1) is 0 Å². The minimum atomic E-state index is -0.160. The fourth-order valence-corrected chi connectivity index (χ4v) is 1.58. The summed E-state index contributed by atoms with van der Waals surface area (Å²) in [6.07, 6.45) is 5.86. The van der Waals surface area contributed by atoms with Crippen LogP contribution in [0, 0.1) is 0 Å². The monoisotopic (exact) mass is 300 g/mol. The third-order valence-corrected chi connectivity index (χ3v) is 2.60. The van der Waals surface area contributed by atoms with E-state index in [9.17, 15) is 4.79 Å². The van der Waals surface area contributed by atoms with Gasteiger partial charge in [-0.05, 0) is 15.9 Å². The van der Waals surface area contributed by atoms with Crippen LogP contribution in [0.1, 0.15) is 5.69 Å². The van der Waals surface area contributed by atoms with Crippen LogP contribution in [0.2, 0.25) is 5.15 Å². The second-order valence-corrected chi connectivity index (χ2v) is 4.25. The van der Waals surface area contributed by atoms with E-state index in [2.05, 4.69) is 30.9 Å². The molecule has 0 saturated carbocycles. The summed E-state index contributed by atoms with van der Waals surface area (Å²) >= 11 is 8.73. The van der Waals surface area contributed by atoms with Crippen LogP contribution in [0.4, 0.5) is 0 Å². The van der Waals surface area contributed by atoms with Crippen molar-refractivity contribution in [1.82, 2.24) is 19.5 Å². The van der Waals surface area contributed by atoms with E-state index in [1.165, 1.54) is 29.5 Å². The largest absolute Gasteiger partial charge is 0.292 e. The number of halogens is 2. The van der Waals surface area contributed by atoms with Crippen LogP contribution in [0.5, 0.6) is 0 Å². The molecule has 0 aromatic carbocycles. The number of hydrogen-bond donors (Lipinski definition) is 0. The minimum Gasteiger partial charge on any atom is -0.292 e. The Kier molecular flexibility index (Phi) is 3.31. The van der Waals surface area contributed by atoms with Gasteiger partial charge in [-0.25, -0.2) is 9.97 Å². The smallest absolute Gasteiger partial charge is 0.267 e. The molecule has 2 heterocycles. The fraction of sp³-hybridized carbons (Fsp3) is 0.111. The Bertz CT molecular complexity index is 554. The van der Waals surface area contributed by atoms with E-state index in [4.69, 9.17) is 11.6 Å². The number of nitrogens with zero attached hydrogens (tertiary/aromatic N) is 4. The summed E-state index contributed by atoms with van der Waals surface area (Å²) < 4.78 is 1.85. The average molecular weight is 302 g/mol. The Morgan fingerprint density at radius 3 is 2.81 bits per heavy atom. The number of rotatable bonds is 2. The molecule has 82 valence electrons. The summed E-state index contributed by atoms with van der Waals surface area (Å²) in [6, 6.07) is 0. The molecule has 0 saturated heterocycles. The van der Waals surface area contributed by atoms with Gasteiger partial charge in [-0.3, -0.25) is 14.3 Å². The molecule has 0 aliphatic rings. The van der Waals surface area contributed by atoms with E-state index in [-0.39, 0.29) is 5.56 Å². The van der Waals surface area contributed by atoms with Crippen molar-refractivity contribution in [3.8, 4) is 0 Å². The summed E-state index contributed by atoms with van der Waals surface area (Å²) in [5.41, 5.74) is 0.484. The Hall–Kier alpha value is -1.27. The molecule has 2 aromatic rings. The van der Waals surface area contributed by atoms with Gasteiger partial charge < -0.3 is 0 Å². The highest BCUT2D eigenvalue weighted by molar-refractivity contribution is 9.10. The lowest BCUT2D eigenvalue weighted by atomic mass is 10.4. The summed E-state index contributed by atoms with van der Waals surface area (Å²) in [5, 5.41) is 0.323. The van der Waals surface area contributed by atoms with E-state index in [1.54, 1.807) is 0 Å². The van der Waals surface area contributed by atoms with E-state index >= 15 is 0 Å². The van der Waals surface area contributed by atoms with Crippen molar-refractivity contribution >= 4 is 27.5 Å². The molecule has 2 aromatic heterocycles. The van der Waals surface area contributed by atoms with Crippen LogP contribution in [0.25, 0.3) is 0 Å². The molecule has 0 N–H and O–H groups in total. The first kappa shape index (κ1) is 11.2. The lowest BCUT2D eigenvalue weighted by molar-refractivity contribution is 0.710. The van der Waals surface area contributed by atoms with Gasteiger partial charge in [0.1, 0.15) is 9.63 Å². The SMILES string of the molecule is O=c1c(Br)cncn1Cc1cnc(Cl)cn1. The van der Waals surface area contributed by atoms with Gasteiger partial charge in [0.25, 0.3) is 5.56 Å². The molecule has 2 rings (SSSR count). The maximum atomic E-state index is 11.6. The first-order valence-electron chi connectivity index (χ1n) is 4.33. The molecule has 0 bridgehead atoms. The molecule has 0 aliphatic carbocycles. The first-order chi connectivity index (χ1) is 7.66. The summed E-state index contributed by atoms with van der Waals surface area (Å²) in [5.74, 6) is 0. The molecule has 16 heavy (non-hydrogen) atoms. The van der Waals surface area contributed by atoms with Crippen molar-refractivity contribution in [1.29, 1.82) is 0 Å². The Morgan fingerprint density at radius 2 is 2.12 bits per heavy atom. The normalized spacial score (nSPS) is 10.4. The summed E-state index contributed by atoms with van der Waals surface area (Å²) in [4.78, 5) is 23.5. The highest BCUT2D eigenvalue weighted by atomic mass is 79.9. The molecule has 0 atom stereocenters. The van der Waals surface area contributed by atoms with Crippen LogP contribution >= 0.6 is 27.5 Å². The Labute approximate surface area is 104 Å². The quantitative estimate of drug-likeness (QED) is 0.843. The zero-order chi connectivity index (χ0) is 11.5. The standard InChI is InChI=1S/C9H6BrClN4O/c10-7-2-12-5-15(9(7)16)4-6-1-14-8(11)3-13-6/h1-3,5H,4H2. The lowest BCUT2D eigenvalue weighted by Crippen LogP contribution is -2.21. The van der Waals surface area contributed by atoms with Crippen molar-refractivity contribution in [2.75, 3.05) is 0 Å². The molecule has 0 unspecified atom stereocenters. The fourth-order valence-electron chi connectivity index (χ4n) is 1.13. The second-order valence-electron chi connectivity index (χ2n) is 3.01. The molecular formula is C9H6BrClN4O. The minimum absolute atomic E-state index is 0.160. The zero-order valence-electron chi connectivity index (χ0n) is 7.97. The number of hydrogen-bond acceptors (Lipinski definition) is 4. The molecule has 7 heteroatoms. The van der Waals surface area contributed by atoms with Crippen LogP contribution in [-0.4, -0.2) is 19.5 Å². The van der Waals surface area contributed by atoms with Crippen molar-refractivity contribution in [2.24, 2.45) is 0 Å². The third kappa shape index (κ3) is 2.45. The van der Waals surface area contributed by atoms with Gasteiger partial charge in [-0.2, -0.15) is 0 Å². The van der Waals surface area contributed by atoms with Gasteiger partial charge in [0.2, 0.25) is 0 Å². The highest BCUT2D eigenvalue weighted by Crippen LogP contribution is 2.03. The maximum Gasteiger partial charge on any atom is 0.267 e. The average Bonchev–Trinajstić information content (AvgIpc) is 2.28. The van der Waals surface area contributed by atoms with Gasteiger partial charge in [-0.1, -0.05) is 11.6 Å². The summed E-state index contributed by atoms with van der Waals surface area (Å²) in [7, 11) is 0. The summed E-state index contributed by atoms with van der Waals surface area (Å²) in [6.45, 7) is 0.315. The Morgan fingerprint density at radius 1 is 1.31 bits per heavy atom. The van der Waals surface area contributed by atoms with Crippen LogP contribution in [0.15, 0.2) is 34.2 Å². The first-order valence-corrected chi connectivity index (χ1v) is 5.50. The second kappa shape index (κ2) is 4.71. The number of aromatic nitrogens is 4. The van der Waals surface area contributed by atoms with E-state index in [0.29, 0.717) is 21.9 Å². The lowest BCUT2D eigenvalue weighted by Gasteiger charge is -2.03. The van der Waals surface area contributed by atoms with E-state index in [0.717, 1.165) is 0 Å². The van der Waals surface area contributed by atoms with Gasteiger partial charge in [0, 0.05) is 6.20 Å². The van der Waals surface area contributed by atoms with Crippen LogP contribution < -0.4 is 5.56 Å². The van der Waals surface area contributed by atoms with Crippen molar-refractivity contribution < 1.29 is 0 Å². The third-order valence-electron chi connectivity index (χ3n) is 1.87. The van der Waals surface area contributed by atoms with Crippen molar-refractivity contribution in [3.05, 3.63) is 50.6 Å². The zero-order valence-corrected chi connectivity index (χ0v) is 10.3. The molecule has 0 fully saturated rings. The van der Waals surface area contributed by atoms with Gasteiger partial charge >= 0.3 is 0 Å². The highest BCUT2D eigenvalue weighted by Gasteiger charge is 2.03. The molecule has 5 nitrogen and oxygen atoms in total. The predicted molar refractivity (Wildman–Crippen MR) is 62.3 cm³/mol. The molecule has 0 spiro atoms. The topological polar surface area (TPSA) is 60.7 Å². The van der Waals surface area contributed by atoms with Gasteiger partial charge in [0.15, 0.2) is 0 Å². The van der Waals surface area contributed by atoms with Crippen molar-refractivity contribution in [3.63, 3.8) is 0 Å². The van der Waals surface area contributed by atoms with Crippen LogP contribution in [-0.2, 0) is 6.54 Å². The molecular weight excluding hydrogens is 295 g/mol. The van der Waals surface area contributed by atoms with Crippen LogP contribution in [0.3, 0.4) is 0 Å². The van der Waals surface area contributed by atoms with Crippen molar-refractivity contribution in [2.45, 2.75) is 6.54 Å². The van der Waals surface area contributed by atoms with E-state index in [1.807, 2.05) is 0 Å². The molecule has 0 radical (unpaired) electrons. The predicted octanol–water partition coefficient (Wildman–Crippen LogP) is 1.50. The van der Waals surface area contributed by atoms with Gasteiger partial charge in [0.05, 0.1) is 31.0 Å².